The van der Waals surface area contributed by atoms with Gasteiger partial charge in [-0.25, -0.2) is 0 Å². The zero-order chi connectivity index (χ0) is 13.0. The van der Waals surface area contributed by atoms with E-state index in [2.05, 4.69) is 24.0 Å². The summed E-state index contributed by atoms with van der Waals surface area (Å²) < 4.78 is 0. The summed E-state index contributed by atoms with van der Waals surface area (Å²) in [6.07, 6.45) is 4.92. The Kier molecular flexibility index (Phi) is 4.66. The molecule has 2 N–H and O–H groups in total. The first-order valence-electron chi connectivity index (χ1n) is 6.91. The predicted octanol–water partition coefficient (Wildman–Crippen LogP) is 3.39. The van der Waals surface area contributed by atoms with Gasteiger partial charge in [0.2, 0.25) is 0 Å². The first-order valence-corrected chi connectivity index (χ1v) is 7.29. The van der Waals surface area contributed by atoms with Crippen molar-refractivity contribution in [1.29, 1.82) is 0 Å². The average Bonchev–Trinajstić information content (AvgIpc) is 2.40. The number of piperidine rings is 1. The zero-order valence-electron chi connectivity index (χ0n) is 11.2. The van der Waals surface area contributed by atoms with Gasteiger partial charge in [0.05, 0.1) is 5.54 Å². The number of nitrogens with zero attached hydrogens (tertiary/aromatic N) is 1. The van der Waals surface area contributed by atoms with Crippen LogP contribution in [0, 0.1) is 0 Å². The van der Waals surface area contributed by atoms with Crippen molar-refractivity contribution in [3.63, 3.8) is 0 Å². The molecule has 1 aliphatic rings. The molecular formula is C15H23ClN2. The van der Waals surface area contributed by atoms with Crippen molar-refractivity contribution in [2.75, 3.05) is 19.6 Å². The lowest BCUT2D eigenvalue weighted by atomic mass is 9.87. The number of likely N-dealkylation sites (tertiary alicyclic amines) is 1. The number of hydrogen-bond acceptors (Lipinski definition) is 2. The summed E-state index contributed by atoms with van der Waals surface area (Å²) >= 11 is 5.95. The molecule has 1 saturated heterocycles. The predicted molar refractivity (Wildman–Crippen MR) is 77.9 cm³/mol. The molecule has 0 bridgehead atoms. The Morgan fingerprint density at radius 3 is 2.33 bits per heavy atom. The second-order valence-electron chi connectivity index (χ2n) is 5.35. The van der Waals surface area contributed by atoms with E-state index in [9.17, 15) is 0 Å². The van der Waals surface area contributed by atoms with E-state index in [4.69, 9.17) is 17.3 Å². The highest BCUT2D eigenvalue weighted by Crippen LogP contribution is 2.26. The minimum absolute atomic E-state index is 0.248. The molecule has 2 nitrogen and oxygen atoms in total. The Hall–Kier alpha value is -0.570. The largest absolute Gasteiger partial charge is 0.320 e. The standard InChI is InChI=1S/C15H23ClN2/c1-2-15(17,12-18-10-4-3-5-11-18)13-6-8-14(16)9-7-13/h6-9H,2-5,10-12,17H2,1H3. The van der Waals surface area contributed by atoms with Crippen LogP contribution in [0.3, 0.4) is 0 Å². The number of rotatable bonds is 4. The molecule has 100 valence electrons. The fourth-order valence-corrected chi connectivity index (χ4v) is 2.83. The summed E-state index contributed by atoms with van der Waals surface area (Å²) in [4.78, 5) is 2.50. The highest BCUT2D eigenvalue weighted by atomic mass is 35.5. The Balaban J connectivity index is 2.10. The van der Waals surface area contributed by atoms with E-state index < -0.39 is 0 Å². The van der Waals surface area contributed by atoms with E-state index in [1.54, 1.807) is 0 Å². The summed E-state index contributed by atoms with van der Waals surface area (Å²) in [5.74, 6) is 0. The van der Waals surface area contributed by atoms with Crippen LogP contribution in [0.1, 0.15) is 38.2 Å². The minimum Gasteiger partial charge on any atom is -0.320 e. The summed E-state index contributed by atoms with van der Waals surface area (Å²) in [5.41, 5.74) is 7.56. The second-order valence-corrected chi connectivity index (χ2v) is 5.79. The van der Waals surface area contributed by atoms with Crippen molar-refractivity contribution < 1.29 is 0 Å². The van der Waals surface area contributed by atoms with Crippen LogP contribution in [0.5, 0.6) is 0 Å². The normalized spacial score (nSPS) is 20.6. The molecule has 1 aromatic carbocycles. The van der Waals surface area contributed by atoms with Crippen LogP contribution in [-0.4, -0.2) is 24.5 Å². The molecule has 0 amide bonds. The summed E-state index contributed by atoms with van der Waals surface area (Å²) in [7, 11) is 0. The van der Waals surface area contributed by atoms with Crippen molar-refractivity contribution >= 4 is 11.6 Å². The summed E-state index contributed by atoms with van der Waals surface area (Å²) in [5, 5.41) is 0.773. The highest BCUT2D eigenvalue weighted by Gasteiger charge is 2.28. The average molecular weight is 267 g/mol. The van der Waals surface area contributed by atoms with Crippen LogP contribution in [-0.2, 0) is 5.54 Å². The molecule has 0 aliphatic carbocycles. The Bertz CT molecular complexity index is 371. The molecule has 1 aromatic rings. The van der Waals surface area contributed by atoms with Gasteiger partial charge in [0.25, 0.3) is 0 Å². The molecule has 0 radical (unpaired) electrons. The highest BCUT2D eigenvalue weighted by molar-refractivity contribution is 6.30. The first-order chi connectivity index (χ1) is 8.64. The molecule has 1 atom stereocenters. The molecule has 1 fully saturated rings. The van der Waals surface area contributed by atoms with E-state index >= 15 is 0 Å². The summed E-state index contributed by atoms with van der Waals surface area (Å²) in [6, 6.07) is 8.00. The SMILES string of the molecule is CCC(N)(CN1CCCCC1)c1ccc(Cl)cc1. The van der Waals surface area contributed by atoms with Crippen LogP contribution in [0.2, 0.25) is 5.02 Å². The van der Waals surface area contributed by atoms with Crippen molar-refractivity contribution in [2.24, 2.45) is 5.73 Å². The quantitative estimate of drug-likeness (QED) is 0.905. The van der Waals surface area contributed by atoms with Gasteiger partial charge in [-0.3, -0.25) is 0 Å². The van der Waals surface area contributed by atoms with Gasteiger partial charge in [-0.15, -0.1) is 0 Å². The maximum absolute atomic E-state index is 6.61. The maximum atomic E-state index is 6.61. The Morgan fingerprint density at radius 1 is 1.17 bits per heavy atom. The molecule has 1 aliphatic heterocycles. The van der Waals surface area contributed by atoms with E-state index in [1.165, 1.54) is 37.9 Å². The van der Waals surface area contributed by atoms with Crippen molar-refractivity contribution in [1.82, 2.24) is 4.90 Å². The van der Waals surface area contributed by atoms with Gasteiger partial charge in [-0.05, 0) is 50.0 Å². The lowest BCUT2D eigenvalue weighted by Gasteiger charge is -2.37. The molecule has 1 heterocycles. The van der Waals surface area contributed by atoms with E-state index in [-0.39, 0.29) is 5.54 Å². The van der Waals surface area contributed by atoms with Gasteiger partial charge in [0.1, 0.15) is 0 Å². The van der Waals surface area contributed by atoms with Gasteiger partial charge < -0.3 is 10.6 Å². The molecule has 2 rings (SSSR count). The minimum atomic E-state index is -0.248. The van der Waals surface area contributed by atoms with Crippen LogP contribution in [0.25, 0.3) is 0 Å². The molecule has 0 aromatic heterocycles. The topological polar surface area (TPSA) is 29.3 Å². The number of hydrogen-bond donors (Lipinski definition) is 1. The lowest BCUT2D eigenvalue weighted by Crippen LogP contribution is -2.48. The van der Waals surface area contributed by atoms with Crippen LogP contribution in [0.4, 0.5) is 0 Å². The van der Waals surface area contributed by atoms with Gasteiger partial charge in [0.15, 0.2) is 0 Å². The third kappa shape index (κ3) is 3.25. The van der Waals surface area contributed by atoms with Crippen molar-refractivity contribution in [3.8, 4) is 0 Å². The molecule has 1 unspecified atom stereocenters. The molecule has 18 heavy (non-hydrogen) atoms. The van der Waals surface area contributed by atoms with Crippen LogP contribution in [0.15, 0.2) is 24.3 Å². The van der Waals surface area contributed by atoms with Gasteiger partial charge in [-0.1, -0.05) is 37.1 Å². The third-order valence-corrected chi connectivity index (χ3v) is 4.26. The number of benzene rings is 1. The van der Waals surface area contributed by atoms with E-state index in [1.807, 2.05) is 12.1 Å². The molecule has 3 heteroatoms. The smallest absolute Gasteiger partial charge is 0.0535 e. The van der Waals surface area contributed by atoms with Gasteiger partial charge in [0, 0.05) is 11.6 Å². The zero-order valence-corrected chi connectivity index (χ0v) is 11.9. The number of nitrogens with two attached hydrogens (primary N) is 1. The monoisotopic (exact) mass is 266 g/mol. The summed E-state index contributed by atoms with van der Waals surface area (Å²) in [6.45, 7) is 5.49. The van der Waals surface area contributed by atoms with Crippen LogP contribution < -0.4 is 5.73 Å². The molecule has 0 saturated carbocycles. The molecule has 0 spiro atoms. The number of halogens is 1. The first kappa shape index (κ1) is 13.9. The Morgan fingerprint density at radius 2 is 1.78 bits per heavy atom. The van der Waals surface area contributed by atoms with Crippen LogP contribution >= 0.6 is 11.6 Å². The molecular weight excluding hydrogens is 244 g/mol. The van der Waals surface area contributed by atoms with Crippen molar-refractivity contribution in [2.45, 2.75) is 38.1 Å². The van der Waals surface area contributed by atoms with Crippen molar-refractivity contribution in [3.05, 3.63) is 34.9 Å². The van der Waals surface area contributed by atoms with Gasteiger partial charge in [-0.2, -0.15) is 0 Å². The van der Waals surface area contributed by atoms with E-state index in [0.29, 0.717) is 0 Å². The van der Waals surface area contributed by atoms with E-state index in [0.717, 1.165) is 18.0 Å². The lowest BCUT2D eigenvalue weighted by molar-refractivity contribution is 0.174. The Labute approximate surface area is 115 Å². The fraction of sp³-hybridized carbons (Fsp3) is 0.600. The van der Waals surface area contributed by atoms with Gasteiger partial charge >= 0.3 is 0 Å². The fourth-order valence-electron chi connectivity index (χ4n) is 2.71. The maximum Gasteiger partial charge on any atom is 0.0535 e. The second kappa shape index (κ2) is 6.05. The third-order valence-electron chi connectivity index (χ3n) is 4.00.